The fourth-order valence-corrected chi connectivity index (χ4v) is 3.50. The molecule has 25 heavy (non-hydrogen) atoms. The van der Waals surface area contributed by atoms with Crippen molar-refractivity contribution in [1.29, 1.82) is 0 Å². The molecule has 0 saturated carbocycles. The summed E-state index contributed by atoms with van der Waals surface area (Å²) in [6.45, 7) is 1.16. The van der Waals surface area contributed by atoms with E-state index in [-0.39, 0.29) is 21.7 Å². The zero-order valence-corrected chi connectivity index (χ0v) is 15.2. The highest BCUT2D eigenvalue weighted by atomic mass is 32.1. The molecule has 0 atom stereocenters. The number of nitrogens with two attached hydrogens (primary N) is 1. The van der Waals surface area contributed by atoms with Crippen LogP contribution in [0.5, 0.6) is 5.19 Å². The lowest BCUT2D eigenvalue weighted by Gasteiger charge is -2.01. The minimum atomic E-state index is -0.869. The molecule has 0 radical (unpaired) electrons. The fourth-order valence-electron chi connectivity index (χ4n) is 1.78. The average molecular weight is 394 g/mol. The molecule has 8 nitrogen and oxygen atoms in total. The number of nitrogen functional groups attached to an aromatic ring is 1. The number of thiol groups is 1. The maximum absolute atomic E-state index is 12.4. The Labute approximate surface area is 154 Å². The third-order valence-corrected chi connectivity index (χ3v) is 4.71. The predicted molar refractivity (Wildman–Crippen MR) is 97.3 cm³/mol. The Hall–Kier alpha value is -2.50. The lowest BCUT2D eigenvalue weighted by molar-refractivity contribution is -0.141. The van der Waals surface area contributed by atoms with Crippen molar-refractivity contribution in [2.75, 3.05) is 5.73 Å². The van der Waals surface area contributed by atoms with E-state index >= 15 is 0 Å². The molecule has 0 spiro atoms. The Morgan fingerprint density at radius 2 is 2.12 bits per heavy atom. The second-order valence-corrected chi connectivity index (χ2v) is 6.95. The van der Waals surface area contributed by atoms with Crippen LogP contribution in [-0.4, -0.2) is 27.6 Å². The number of fused-ring (bicyclic) bond motifs is 1. The summed E-state index contributed by atoms with van der Waals surface area (Å²) in [6, 6.07) is 5.43. The standard InChI is InChI=1S/C14H10N4O4S3/c1-6(19)22-18-10(7-5-24-13(15)16-7)12(20)21-14-17-11-8(23)3-2-4-9(11)25-14/h2-5,23H,1H3,(H2,15,16)/b18-10+. The monoisotopic (exact) mass is 394 g/mol. The van der Waals surface area contributed by atoms with Gasteiger partial charge < -0.3 is 15.3 Å². The molecule has 0 fully saturated rings. The lowest BCUT2D eigenvalue weighted by atomic mass is 10.3. The SMILES string of the molecule is CC(=O)O/N=C(/C(=O)Oc1nc2c(S)cccc2s1)c1csc(N)n1. The number of carbonyl (C=O) groups is 2. The Bertz CT molecular complexity index is 995. The topological polar surface area (TPSA) is 117 Å². The van der Waals surface area contributed by atoms with Crippen molar-refractivity contribution in [3.63, 3.8) is 0 Å². The van der Waals surface area contributed by atoms with Crippen molar-refractivity contribution in [1.82, 2.24) is 9.97 Å². The molecule has 1 aromatic carbocycles. The quantitative estimate of drug-likeness (QED) is 0.229. The van der Waals surface area contributed by atoms with Crippen molar-refractivity contribution in [3.8, 4) is 5.19 Å². The molecule has 0 unspecified atom stereocenters. The van der Waals surface area contributed by atoms with Gasteiger partial charge in [0, 0.05) is 17.2 Å². The number of nitrogens with zero attached hydrogens (tertiary/aromatic N) is 3. The summed E-state index contributed by atoms with van der Waals surface area (Å²) in [6.07, 6.45) is 0. The summed E-state index contributed by atoms with van der Waals surface area (Å²) in [4.78, 5) is 36.8. The number of thiazole rings is 2. The maximum Gasteiger partial charge on any atom is 0.370 e. The second-order valence-electron chi connectivity index (χ2n) is 4.59. The number of benzene rings is 1. The van der Waals surface area contributed by atoms with Gasteiger partial charge in [-0.05, 0) is 12.1 Å². The van der Waals surface area contributed by atoms with Gasteiger partial charge in [0.1, 0.15) is 5.69 Å². The van der Waals surface area contributed by atoms with Crippen LogP contribution in [0.15, 0.2) is 33.6 Å². The van der Waals surface area contributed by atoms with Crippen LogP contribution in [0, 0.1) is 0 Å². The molecule has 2 aromatic heterocycles. The van der Waals surface area contributed by atoms with Gasteiger partial charge in [-0.25, -0.2) is 19.6 Å². The van der Waals surface area contributed by atoms with E-state index in [0.29, 0.717) is 10.4 Å². The van der Waals surface area contributed by atoms with Crippen LogP contribution in [-0.2, 0) is 14.4 Å². The van der Waals surface area contributed by atoms with E-state index < -0.39 is 11.9 Å². The van der Waals surface area contributed by atoms with Gasteiger partial charge in [0.15, 0.2) is 5.13 Å². The van der Waals surface area contributed by atoms with Gasteiger partial charge in [0.05, 0.1) is 10.2 Å². The number of ether oxygens (including phenoxy) is 1. The van der Waals surface area contributed by atoms with Gasteiger partial charge in [0.25, 0.3) is 5.19 Å². The van der Waals surface area contributed by atoms with Gasteiger partial charge in [-0.1, -0.05) is 22.6 Å². The van der Waals surface area contributed by atoms with Crippen LogP contribution in [0.3, 0.4) is 0 Å². The van der Waals surface area contributed by atoms with E-state index in [1.54, 1.807) is 6.07 Å². The van der Waals surface area contributed by atoms with Crippen LogP contribution in [0.25, 0.3) is 10.2 Å². The molecule has 0 aliphatic heterocycles. The normalized spacial score (nSPS) is 11.5. The van der Waals surface area contributed by atoms with E-state index in [1.165, 1.54) is 16.7 Å². The smallest absolute Gasteiger partial charge is 0.370 e. The van der Waals surface area contributed by atoms with Crippen LogP contribution in [0.1, 0.15) is 12.6 Å². The van der Waals surface area contributed by atoms with E-state index in [2.05, 4.69) is 32.6 Å². The van der Waals surface area contributed by atoms with E-state index in [1.807, 2.05) is 12.1 Å². The molecule has 0 bridgehead atoms. The Kier molecular flexibility index (Phi) is 4.97. The molecule has 128 valence electrons. The predicted octanol–water partition coefficient (Wildman–Crippen LogP) is 2.50. The number of carbonyl (C=O) groups excluding carboxylic acids is 2. The first-order chi connectivity index (χ1) is 11.9. The summed E-state index contributed by atoms with van der Waals surface area (Å²) in [5, 5.41) is 5.37. The number of anilines is 1. The molecular weight excluding hydrogens is 384 g/mol. The lowest BCUT2D eigenvalue weighted by Crippen LogP contribution is -2.23. The maximum atomic E-state index is 12.4. The minimum Gasteiger partial charge on any atom is -0.393 e. The first kappa shape index (κ1) is 17.3. The van der Waals surface area contributed by atoms with Gasteiger partial charge in [-0.15, -0.1) is 24.0 Å². The first-order valence-electron chi connectivity index (χ1n) is 6.71. The van der Waals surface area contributed by atoms with Gasteiger partial charge in [0.2, 0.25) is 5.71 Å². The number of hydrogen-bond acceptors (Lipinski definition) is 11. The van der Waals surface area contributed by atoms with Gasteiger partial charge >= 0.3 is 11.9 Å². The molecule has 2 N–H and O–H groups in total. The van der Waals surface area contributed by atoms with Gasteiger partial charge in [-0.3, -0.25) is 0 Å². The highest BCUT2D eigenvalue weighted by Gasteiger charge is 2.23. The average Bonchev–Trinajstić information content (AvgIpc) is 3.14. The van der Waals surface area contributed by atoms with Crippen LogP contribution in [0.2, 0.25) is 0 Å². The zero-order valence-electron chi connectivity index (χ0n) is 12.6. The largest absolute Gasteiger partial charge is 0.393 e. The van der Waals surface area contributed by atoms with E-state index in [4.69, 9.17) is 10.5 Å². The number of esters is 1. The molecule has 0 aliphatic rings. The summed E-state index contributed by atoms with van der Waals surface area (Å²) in [7, 11) is 0. The minimum absolute atomic E-state index is 0.111. The van der Waals surface area contributed by atoms with Crippen molar-refractivity contribution < 1.29 is 19.2 Å². The summed E-state index contributed by atoms with van der Waals surface area (Å²) < 4.78 is 6.06. The number of hydrogen-bond donors (Lipinski definition) is 2. The van der Waals surface area contributed by atoms with Crippen LogP contribution < -0.4 is 10.5 Å². The van der Waals surface area contributed by atoms with Crippen molar-refractivity contribution in [2.45, 2.75) is 11.8 Å². The number of aromatic nitrogens is 2. The molecule has 3 rings (SSSR count). The summed E-state index contributed by atoms with van der Waals surface area (Å²) in [5.74, 6) is -1.56. The summed E-state index contributed by atoms with van der Waals surface area (Å²) >= 11 is 6.60. The molecule has 11 heteroatoms. The zero-order chi connectivity index (χ0) is 18.0. The molecule has 3 aromatic rings. The number of oxime groups is 1. The highest BCUT2D eigenvalue weighted by Crippen LogP contribution is 2.31. The molecular formula is C14H10N4O4S3. The number of para-hydroxylation sites is 1. The Balaban J connectivity index is 1.90. The number of rotatable bonds is 4. The molecule has 0 amide bonds. The second kappa shape index (κ2) is 7.17. The molecule has 0 saturated heterocycles. The van der Waals surface area contributed by atoms with E-state index in [9.17, 15) is 9.59 Å². The van der Waals surface area contributed by atoms with Gasteiger partial charge in [-0.2, -0.15) is 0 Å². The third kappa shape index (κ3) is 3.95. The molecule has 2 heterocycles. The van der Waals surface area contributed by atoms with Crippen LogP contribution in [0.4, 0.5) is 5.13 Å². The fraction of sp³-hybridized carbons (Fsp3) is 0.0714. The summed E-state index contributed by atoms with van der Waals surface area (Å²) in [5.41, 5.74) is 6.05. The Morgan fingerprint density at radius 3 is 2.76 bits per heavy atom. The van der Waals surface area contributed by atoms with Crippen LogP contribution >= 0.6 is 35.3 Å². The third-order valence-electron chi connectivity index (χ3n) is 2.78. The highest BCUT2D eigenvalue weighted by molar-refractivity contribution is 7.80. The van der Waals surface area contributed by atoms with Crippen molar-refractivity contribution >= 4 is 68.3 Å². The Morgan fingerprint density at radius 1 is 1.32 bits per heavy atom. The van der Waals surface area contributed by atoms with E-state index in [0.717, 1.165) is 23.0 Å². The van der Waals surface area contributed by atoms with Crippen molar-refractivity contribution in [2.24, 2.45) is 5.16 Å². The van der Waals surface area contributed by atoms with Crippen molar-refractivity contribution in [3.05, 3.63) is 29.3 Å². The first-order valence-corrected chi connectivity index (χ1v) is 8.86. The molecule has 0 aliphatic carbocycles.